The maximum Gasteiger partial charge on any atom is 0.633 e. The summed E-state index contributed by atoms with van der Waals surface area (Å²) in [6, 6.07) is 4.93. The van der Waals surface area contributed by atoms with Gasteiger partial charge in [0.2, 0.25) is 0 Å². The lowest BCUT2D eigenvalue weighted by atomic mass is 9.74. The fourth-order valence-electron chi connectivity index (χ4n) is 2.11. The Balaban J connectivity index is 2.28. The van der Waals surface area contributed by atoms with Crippen molar-refractivity contribution < 1.29 is 28.4 Å². The average molecular weight is 316 g/mol. The highest BCUT2D eigenvalue weighted by Gasteiger charge is 2.37. The zero-order chi connectivity index (χ0) is 17.0. The second-order valence-electron chi connectivity index (χ2n) is 4.87. The van der Waals surface area contributed by atoms with Crippen LogP contribution in [0.4, 0.5) is 0 Å². The summed E-state index contributed by atoms with van der Waals surface area (Å²) in [7, 11) is 1.98. The molecule has 1 aromatic rings. The highest BCUT2D eigenvalue weighted by atomic mass is 16.6. The second-order valence-corrected chi connectivity index (χ2v) is 4.87. The number of ether oxygens (including phenoxy) is 2. The van der Waals surface area contributed by atoms with Crippen molar-refractivity contribution in [2.24, 2.45) is 0 Å². The van der Waals surface area contributed by atoms with E-state index in [1.807, 2.05) is 0 Å². The lowest BCUT2D eigenvalue weighted by Gasteiger charge is -2.11. The van der Waals surface area contributed by atoms with E-state index in [4.69, 9.17) is 14.0 Å². The van der Waals surface area contributed by atoms with Crippen LogP contribution in [0.5, 0.6) is 5.75 Å². The number of rotatable bonds is 6. The van der Waals surface area contributed by atoms with Gasteiger partial charge in [0.05, 0.1) is 20.6 Å². The van der Waals surface area contributed by atoms with E-state index < -0.39 is 13.1 Å². The first kappa shape index (κ1) is 16.7. The number of Topliss-reactive ketones (excluding diaryl/α,β-unsaturated/α-hetero) is 1. The lowest BCUT2D eigenvalue weighted by molar-refractivity contribution is -0.140. The van der Waals surface area contributed by atoms with E-state index in [0.717, 1.165) is 0 Å². The van der Waals surface area contributed by atoms with Gasteiger partial charge in [-0.2, -0.15) is 0 Å². The maximum atomic E-state index is 12.4. The summed E-state index contributed by atoms with van der Waals surface area (Å²) in [6.45, 7) is 7.35. The van der Waals surface area contributed by atoms with Gasteiger partial charge in [-0.1, -0.05) is 13.2 Å². The molecule has 2 rings (SSSR count). The Bertz CT molecular complexity index is 651. The second kappa shape index (κ2) is 7.04. The molecule has 1 saturated heterocycles. The smallest absolute Gasteiger partial charge is 0.520 e. The van der Waals surface area contributed by atoms with Gasteiger partial charge in [-0.05, 0) is 18.2 Å². The Morgan fingerprint density at radius 2 is 1.78 bits per heavy atom. The third-order valence-corrected chi connectivity index (χ3v) is 3.41. The van der Waals surface area contributed by atoms with Gasteiger partial charge in [-0.25, -0.2) is 0 Å². The van der Waals surface area contributed by atoms with Gasteiger partial charge in [-0.3, -0.25) is 9.59 Å². The maximum absolute atomic E-state index is 12.4. The summed E-state index contributed by atoms with van der Waals surface area (Å²) in [5.74, 6) is 0.517. The first-order valence-corrected chi connectivity index (χ1v) is 6.95. The molecule has 0 bridgehead atoms. The molecular weight excluding hydrogens is 299 g/mol. The molecule has 1 aromatic carbocycles. The minimum Gasteiger partial charge on any atom is -0.520 e. The molecule has 1 fully saturated rings. The van der Waals surface area contributed by atoms with Crippen LogP contribution in [0.15, 0.2) is 42.9 Å². The predicted molar refractivity (Wildman–Crippen MR) is 84.4 cm³/mol. The molecule has 0 unspecified atom stereocenters. The summed E-state index contributed by atoms with van der Waals surface area (Å²) in [6.07, 6.45) is 0.0349. The van der Waals surface area contributed by atoms with Crippen molar-refractivity contribution in [3.05, 3.63) is 48.4 Å². The molecule has 7 heteroatoms. The Morgan fingerprint density at radius 1 is 1.13 bits per heavy atom. The largest absolute Gasteiger partial charge is 0.633 e. The van der Waals surface area contributed by atoms with Crippen LogP contribution in [0.2, 0.25) is 0 Å². The Kier molecular flexibility index (Phi) is 5.11. The molecule has 6 nitrogen and oxygen atoms in total. The van der Waals surface area contributed by atoms with E-state index in [2.05, 4.69) is 17.9 Å². The molecule has 1 heterocycles. The van der Waals surface area contributed by atoms with Crippen molar-refractivity contribution in [3.63, 3.8) is 0 Å². The fraction of sp³-hybridized carbons (Fsp3) is 0.250. The molecular formula is C16H17BO6. The molecule has 0 atom stereocenters. The Hall–Kier alpha value is -2.70. The minimum absolute atomic E-state index is 0.00655. The SMILES string of the molecule is C=C1OB(c2cc(OC)ccc2C(=O)CCC(=O)OC)OC1=C. The molecule has 0 radical (unpaired) electrons. The van der Waals surface area contributed by atoms with Crippen molar-refractivity contribution in [2.45, 2.75) is 12.8 Å². The highest BCUT2D eigenvalue weighted by molar-refractivity contribution is 6.64. The van der Waals surface area contributed by atoms with Gasteiger partial charge in [-0.15, -0.1) is 0 Å². The van der Waals surface area contributed by atoms with Crippen LogP contribution in [-0.4, -0.2) is 33.1 Å². The van der Waals surface area contributed by atoms with Gasteiger partial charge in [0.15, 0.2) is 5.78 Å². The van der Waals surface area contributed by atoms with Crippen LogP contribution in [0.1, 0.15) is 23.2 Å². The molecule has 0 aromatic heterocycles. The van der Waals surface area contributed by atoms with E-state index in [9.17, 15) is 9.59 Å². The number of ketones is 1. The number of carbonyl (C=O) groups excluding carboxylic acids is 2. The minimum atomic E-state index is -0.817. The van der Waals surface area contributed by atoms with Crippen LogP contribution < -0.4 is 10.2 Å². The number of benzene rings is 1. The van der Waals surface area contributed by atoms with Crippen molar-refractivity contribution in [1.29, 1.82) is 0 Å². The van der Waals surface area contributed by atoms with Crippen LogP contribution in [0.25, 0.3) is 0 Å². The van der Waals surface area contributed by atoms with Crippen LogP contribution >= 0.6 is 0 Å². The number of carbonyl (C=O) groups is 2. The zero-order valence-electron chi connectivity index (χ0n) is 13.1. The van der Waals surface area contributed by atoms with Crippen molar-refractivity contribution >= 4 is 24.3 Å². The standard InChI is InChI=1S/C16H17BO6/c1-10-11(2)23-17(22-10)14-9-12(20-3)5-6-13(14)15(18)7-8-16(19)21-4/h5-6,9H,1-2,7-8H2,3-4H3. The molecule has 23 heavy (non-hydrogen) atoms. The van der Waals surface area contributed by atoms with Crippen molar-refractivity contribution in [1.82, 2.24) is 0 Å². The van der Waals surface area contributed by atoms with Gasteiger partial charge < -0.3 is 18.8 Å². The van der Waals surface area contributed by atoms with E-state index in [1.165, 1.54) is 14.2 Å². The quantitative estimate of drug-likeness (QED) is 0.451. The summed E-state index contributed by atoms with van der Waals surface area (Å²) in [4.78, 5) is 23.6. The van der Waals surface area contributed by atoms with E-state index >= 15 is 0 Å². The fourth-order valence-corrected chi connectivity index (χ4v) is 2.11. The highest BCUT2D eigenvalue weighted by Crippen LogP contribution is 2.23. The third kappa shape index (κ3) is 3.74. The van der Waals surface area contributed by atoms with E-state index in [0.29, 0.717) is 28.3 Å². The van der Waals surface area contributed by atoms with Gasteiger partial charge in [0, 0.05) is 17.4 Å². The normalized spacial score (nSPS) is 13.4. The molecule has 0 amide bonds. The van der Waals surface area contributed by atoms with Crippen molar-refractivity contribution in [2.75, 3.05) is 14.2 Å². The Morgan fingerprint density at radius 3 is 2.35 bits per heavy atom. The summed E-state index contributed by atoms with van der Waals surface area (Å²) < 4.78 is 20.7. The molecule has 0 spiro atoms. The summed E-state index contributed by atoms with van der Waals surface area (Å²) >= 11 is 0. The lowest BCUT2D eigenvalue weighted by Crippen LogP contribution is -2.36. The first-order valence-electron chi connectivity index (χ1n) is 6.95. The van der Waals surface area contributed by atoms with Crippen LogP contribution in [0, 0.1) is 0 Å². The number of hydrogen-bond donors (Lipinski definition) is 0. The number of methoxy groups -OCH3 is 2. The average Bonchev–Trinajstić information content (AvgIpc) is 2.90. The zero-order valence-corrected chi connectivity index (χ0v) is 13.1. The molecule has 1 aliphatic rings. The van der Waals surface area contributed by atoms with Crippen molar-refractivity contribution in [3.8, 4) is 5.75 Å². The van der Waals surface area contributed by atoms with Crippen LogP contribution in [0.3, 0.4) is 0 Å². The first-order chi connectivity index (χ1) is 11.0. The molecule has 120 valence electrons. The van der Waals surface area contributed by atoms with Gasteiger partial charge >= 0.3 is 13.1 Å². The van der Waals surface area contributed by atoms with E-state index in [1.54, 1.807) is 18.2 Å². The molecule has 0 saturated carbocycles. The molecule has 0 N–H and O–H groups in total. The molecule has 1 aliphatic heterocycles. The third-order valence-electron chi connectivity index (χ3n) is 3.41. The topological polar surface area (TPSA) is 71.1 Å². The monoisotopic (exact) mass is 316 g/mol. The van der Waals surface area contributed by atoms with Gasteiger partial charge in [0.1, 0.15) is 17.3 Å². The predicted octanol–water partition coefficient (Wildman–Crippen LogP) is 1.60. The Labute approximate surface area is 134 Å². The molecule has 0 aliphatic carbocycles. The van der Waals surface area contributed by atoms with E-state index in [-0.39, 0.29) is 18.6 Å². The van der Waals surface area contributed by atoms with Crippen LogP contribution in [-0.2, 0) is 18.8 Å². The summed E-state index contributed by atoms with van der Waals surface area (Å²) in [5, 5.41) is 0. The number of hydrogen-bond acceptors (Lipinski definition) is 6. The number of esters is 1. The van der Waals surface area contributed by atoms with Gasteiger partial charge in [0.25, 0.3) is 0 Å². The summed E-state index contributed by atoms with van der Waals surface area (Å²) in [5.41, 5.74) is 0.890.